The van der Waals surface area contributed by atoms with Gasteiger partial charge in [0, 0.05) is 12.7 Å². The van der Waals surface area contributed by atoms with Crippen molar-refractivity contribution in [1.29, 1.82) is 0 Å². The summed E-state index contributed by atoms with van der Waals surface area (Å²) in [5.74, 6) is -0.604. The van der Waals surface area contributed by atoms with Gasteiger partial charge in [-0.1, -0.05) is 26.7 Å². The van der Waals surface area contributed by atoms with Crippen LogP contribution < -0.4 is 4.74 Å². The van der Waals surface area contributed by atoms with Crippen LogP contribution in [0.4, 0.5) is 4.39 Å². The molecule has 0 radical (unpaired) electrons. The molecule has 0 bridgehead atoms. The van der Waals surface area contributed by atoms with Crippen molar-refractivity contribution >= 4 is 17.0 Å². The summed E-state index contributed by atoms with van der Waals surface area (Å²) in [6.45, 7) is 6.68. The van der Waals surface area contributed by atoms with E-state index in [1.807, 2.05) is 0 Å². The number of nitrogens with zero attached hydrogens (tertiary/aromatic N) is 6. The van der Waals surface area contributed by atoms with Gasteiger partial charge in [0.1, 0.15) is 0 Å². The first kappa shape index (κ1) is 19.7. The number of halogens is 1. The zero-order chi connectivity index (χ0) is 20.3. The van der Waals surface area contributed by atoms with Crippen LogP contribution in [0.3, 0.4) is 0 Å². The molecule has 0 atom stereocenters. The zero-order valence-electron chi connectivity index (χ0n) is 16.3. The Balaban J connectivity index is 2.05. The summed E-state index contributed by atoms with van der Waals surface area (Å²) in [5, 5.41) is 8.06. The van der Waals surface area contributed by atoms with Gasteiger partial charge >= 0.3 is 5.97 Å². The van der Waals surface area contributed by atoms with E-state index in [1.54, 1.807) is 11.6 Å². The van der Waals surface area contributed by atoms with Crippen molar-refractivity contribution in [1.82, 2.24) is 29.5 Å². The van der Waals surface area contributed by atoms with E-state index < -0.39 is 11.9 Å². The van der Waals surface area contributed by atoms with Crippen LogP contribution in [0.1, 0.15) is 44.0 Å². The van der Waals surface area contributed by atoms with Crippen LogP contribution in [-0.4, -0.2) is 49.2 Å². The largest absolute Gasteiger partial charge is 0.479 e. The summed E-state index contributed by atoms with van der Waals surface area (Å²) in [6, 6.07) is 0. The van der Waals surface area contributed by atoms with Crippen molar-refractivity contribution in [3.8, 4) is 11.8 Å². The molecule has 3 heterocycles. The van der Waals surface area contributed by atoms with Crippen molar-refractivity contribution < 1.29 is 18.7 Å². The molecule has 150 valence electrons. The number of ether oxygens (including phenoxy) is 2. The van der Waals surface area contributed by atoms with Crippen LogP contribution in [0, 0.1) is 11.9 Å². The quantitative estimate of drug-likeness (QED) is 0.546. The van der Waals surface area contributed by atoms with Crippen molar-refractivity contribution in [2.75, 3.05) is 13.7 Å². The van der Waals surface area contributed by atoms with E-state index in [0.29, 0.717) is 18.0 Å². The molecule has 0 fully saturated rings. The fourth-order valence-corrected chi connectivity index (χ4v) is 2.92. The summed E-state index contributed by atoms with van der Waals surface area (Å²) < 4.78 is 27.7. The van der Waals surface area contributed by atoms with Crippen LogP contribution in [0.2, 0.25) is 0 Å². The zero-order valence-corrected chi connectivity index (χ0v) is 16.3. The van der Waals surface area contributed by atoms with Crippen molar-refractivity contribution in [3.05, 3.63) is 23.9 Å². The van der Waals surface area contributed by atoms with E-state index in [1.165, 1.54) is 24.2 Å². The Morgan fingerprint density at radius 3 is 2.64 bits per heavy atom. The topological polar surface area (TPSA) is 96.9 Å². The van der Waals surface area contributed by atoms with Gasteiger partial charge in [-0.2, -0.15) is 14.5 Å². The summed E-state index contributed by atoms with van der Waals surface area (Å²) in [4.78, 5) is 20.4. The Morgan fingerprint density at radius 2 is 2.00 bits per heavy atom. The molecule has 0 aliphatic rings. The van der Waals surface area contributed by atoms with Crippen molar-refractivity contribution in [2.24, 2.45) is 5.92 Å². The van der Waals surface area contributed by atoms with Gasteiger partial charge in [0.25, 0.3) is 11.9 Å². The summed E-state index contributed by atoms with van der Waals surface area (Å²) in [7, 11) is 1.45. The van der Waals surface area contributed by atoms with E-state index in [0.717, 1.165) is 12.8 Å². The molecule has 3 aromatic rings. The molecule has 0 saturated carbocycles. The molecule has 10 heteroatoms. The SMILES string of the molecule is CCOC(=O)c1cnn(-c2nc(OC)c3c(n2)c(F)nn3CC(CC)CC)c1. The summed E-state index contributed by atoms with van der Waals surface area (Å²) in [5.41, 5.74) is 0.684. The third-order valence-corrected chi connectivity index (χ3v) is 4.58. The molecular weight excluding hydrogens is 367 g/mol. The standard InChI is InChI=1S/C18H23FN6O3/c1-5-11(6-2)9-24-14-13(15(19)23-24)21-18(22-16(14)27-4)25-10-12(8-20-25)17(26)28-7-3/h8,10-11H,5-7,9H2,1-4H3. The molecule has 0 N–H and O–H groups in total. The number of fused-ring (bicyclic) bond motifs is 1. The van der Waals surface area contributed by atoms with Gasteiger partial charge in [-0.05, 0) is 12.8 Å². The molecule has 0 aliphatic carbocycles. The second kappa shape index (κ2) is 8.32. The van der Waals surface area contributed by atoms with Crippen molar-refractivity contribution in [2.45, 2.75) is 40.2 Å². The number of rotatable bonds is 8. The fraction of sp³-hybridized carbons (Fsp3) is 0.500. The van der Waals surface area contributed by atoms with Gasteiger partial charge in [-0.25, -0.2) is 14.5 Å². The lowest BCUT2D eigenvalue weighted by atomic mass is 10.0. The third kappa shape index (κ3) is 3.67. The molecular formula is C18H23FN6O3. The minimum Gasteiger partial charge on any atom is -0.479 e. The molecule has 3 aromatic heterocycles. The van der Waals surface area contributed by atoms with E-state index in [9.17, 15) is 9.18 Å². The van der Waals surface area contributed by atoms with Gasteiger partial charge in [0.2, 0.25) is 5.88 Å². The van der Waals surface area contributed by atoms with Crippen LogP contribution in [0.15, 0.2) is 12.4 Å². The Hall–Kier alpha value is -3.04. The lowest BCUT2D eigenvalue weighted by Gasteiger charge is -2.13. The van der Waals surface area contributed by atoms with Crippen LogP contribution in [-0.2, 0) is 11.3 Å². The van der Waals surface area contributed by atoms with Gasteiger partial charge in [-0.3, -0.25) is 4.68 Å². The average Bonchev–Trinajstić information content (AvgIpc) is 3.31. The highest BCUT2D eigenvalue weighted by atomic mass is 19.1. The number of carbonyl (C=O) groups excluding carboxylic acids is 1. The maximum atomic E-state index is 14.5. The number of carbonyl (C=O) groups is 1. The van der Waals surface area contributed by atoms with E-state index in [-0.39, 0.29) is 29.5 Å². The fourth-order valence-electron chi connectivity index (χ4n) is 2.92. The van der Waals surface area contributed by atoms with Crippen LogP contribution in [0.25, 0.3) is 17.0 Å². The maximum Gasteiger partial charge on any atom is 0.341 e. The Morgan fingerprint density at radius 1 is 1.25 bits per heavy atom. The highest BCUT2D eigenvalue weighted by Crippen LogP contribution is 2.27. The number of hydrogen-bond donors (Lipinski definition) is 0. The first-order chi connectivity index (χ1) is 13.5. The summed E-state index contributed by atoms with van der Waals surface area (Å²) >= 11 is 0. The summed E-state index contributed by atoms with van der Waals surface area (Å²) in [6.07, 6.45) is 4.66. The van der Waals surface area contributed by atoms with E-state index in [4.69, 9.17) is 9.47 Å². The molecule has 0 aromatic carbocycles. The Bertz CT molecular complexity index is 979. The van der Waals surface area contributed by atoms with Gasteiger partial charge in [0.05, 0.1) is 25.5 Å². The van der Waals surface area contributed by atoms with Crippen LogP contribution >= 0.6 is 0 Å². The highest BCUT2D eigenvalue weighted by Gasteiger charge is 2.22. The van der Waals surface area contributed by atoms with Crippen LogP contribution in [0.5, 0.6) is 5.88 Å². The normalized spacial score (nSPS) is 11.4. The molecule has 0 saturated heterocycles. The molecule has 0 unspecified atom stereocenters. The molecule has 0 amide bonds. The second-order valence-electron chi connectivity index (χ2n) is 6.28. The minimum atomic E-state index is -0.708. The van der Waals surface area contributed by atoms with Gasteiger partial charge in [-0.15, -0.1) is 5.10 Å². The number of methoxy groups -OCH3 is 1. The second-order valence-corrected chi connectivity index (χ2v) is 6.28. The minimum absolute atomic E-state index is 0.0426. The number of hydrogen-bond acceptors (Lipinski definition) is 7. The van der Waals surface area contributed by atoms with E-state index in [2.05, 4.69) is 34.0 Å². The Labute approximate surface area is 161 Å². The van der Waals surface area contributed by atoms with Crippen molar-refractivity contribution in [3.63, 3.8) is 0 Å². The first-order valence-corrected chi connectivity index (χ1v) is 9.22. The predicted molar refractivity (Wildman–Crippen MR) is 99.0 cm³/mol. The number of esters is 1. The van der Waals surface area contributed by atoms with E-state index >= 15 is 0 Å². The predicted octanol–water partition coefficient (Wildman–Crippen LogP) is 2.77. The first-order valence-electron chi connectivity index (χ1n) is 9.22. The molecule has 9 nitrogen and oxygen atoms in total. The molecule has 0 spiro atoms. The Kier molecular flexibility index (Phi) is 5.86. The average molecular weight is 390 g/mol. The highest BCUT2D eigenvalue weighted by molar-refractivity contribution is 5.88. The molecule has 28 heavy (non-hydrogen) atoms. The monoisotopic (exact) mass is 390 g/mol. The molecule has 0 aliphatic heterocycles. The smallest absolute Gasteiger partial charge is 0.341 e. The maximum absolute atomic E-state index is 14.5. The van der Waals surface area contributed by atoms with Gasteiger partial charge in [0.15, 0.2) is 11.0 Å². The lowest BCUT2D eigenvalue weighted by molar-refractivity contribution is 0.0526. The number of aromatic nitrogens is 6. The lowest BCUT2D eigenvalue weighted by Crippen LogP contribution is -2.12. The van der Waals surface area contributed by atoms with Gasteiger partial charge < -0.3 is 9.47 Å². The molecule has 3 rings (SSSR count). The third-order valence-electron chi connectivity index (χ3n) is 4.58.